The van der Waals surface area contributed by atoms with Crippen molar-refractivity contribution in [2.75, 3.05) is 13.2 Å². The summed E-state index contributed by atoms with van der Waals surface area (Å²) in [6, 6.07) is 16.5. The zero-order valence-corrected chi connectivity index (χ0v) is 22.7. The van der Waals surface area contributed by atoms with Gasteiger partial charge in [0.15, 0.2) is 17.3 Å². The minimum atomic E-state index is -0.540. The molecule has 1 aromatic heterocycles. The van der Waals surface area contributed by atoms with E-state index in [9.17, 15) is 20.1 Å². The second-order valence-electron chi connectivity index (χ2n) is 7.98. The fourth-order valence-corrected chi connectivity index (χ4v) is 4.93. The van der Waals surface area contributed by atoms with Gasteiger partial charge in [0.05, 0.1) is 24.4 Å². The molecule has 0 spiro atoms. The lowest BCUT2D eigenvalue weighted by molar-refractivity contribution is -0.114. The van der Waals surface area contributed by atoms with Crippen LogP contribution in [0.25, 0.3) is 6.08 Å². The number of carbonyl (C=O) groups excluding carboxylic acids is 2. The molecule has 7 nitrogen and oxygen atoms in total. The molecule has 0 atom stereocenters. The third kappa shape index (κ3) is 6.80. The van der Waals surface area contributed by atoms with Crippen LogP contribution >= 0.6 is 22.9 Å². The predicted octanol–water partition coefficient (Wildman–Crippen LogP) is 6.45. The number of carbonyl (C=O) groups is 2. The van der Waals surface area contributed by atoms with Gasteiger partial charge < -0.3 is 14.2 Å². The van der Waals surface area contributed by atoms with Crippen molar-refractivity contribution in [3.63, 3.8) is 0 Å². The zero-order valence-electron chi connectivity index (χ0n) is 21.2. The van der Waals surface area contributed by atoms with Gasteiger partial charge in [-0.05, 0) is 56.2 Å². The lowest BCUT2D eigenvalue weighted by atomic mass is 10.0. The number of benzene rings is 2. The van der Waals surface area contributed by atoms with Crippen molar-refractivity contribution in [2.24, 2.45) is 0 Å². The molecule has 0 aliphatic carbocycles. The molecule has 3 aromatic rings. The number of ketones is 1. The van der Waals surface area contributed by atoms with Gasteiger partial charge in [-0.25, -0.2) is 4.79 Å². The number of Topliss-reactive ketones (excluding diaryl/α,β-unsaturated/α-hetero) is 1. The van der Waals surface area contributed by atoms with Gasteiger partial charge in [-0.1, -0.05) is 35.9 Å². The van der Waals surface area contributed by atoms with Crippen molar-refractivity contribution >= 4 is 40.8 Å². The number of nitriles is 2. The zero-order chi connectivity index (χ0) is 27.7. The Morgan fingerprint density at radius 1 is 1.05 bits per heavy atom. The largest absolute Gasteiger partial charge is 0.490 e. The molecule has 0 aliphatic rings. The molecule has 194 valence electrons. The number of hydrogen-bond acceptors (Lipinski definition) is 8. The summed E-state index contributed by atoms with van der Waals surface area (Å²) in [6.45, 7) is 5.99. The van der Waals surface area contributed by atoms with E-state index in [4.69, 9.17) is 25.8 Å². The molecule has 3 rings (SSSR count). The molecule has 0 saturated carbocycles. The fourth-order valence-electron chi connectivity index (χ4n) is 3.59. The number of halogens is 1. The molecule has 0 amide bonds. The summed E-state index contributed by atoms with van der Waals surface area (Å²) >= 11 is 7.25. The predicted molar refractivity (Wildman–Crippen MR) is 145 cm³/mol. The van der Waals surface area contributed by atoms with Crippen molar-refractivity contribution in [2.45, 2.75) is 33.8 Å². The van der Waals surface area contributed by atoms with E-state index in [1.165, 1.54) is 6.08 Å². The summed E-state index contributed by atoms with van der Waals surface area (Å²) in [5, 5.41) is 19.9. The third-order valence-electron chi connectivity index (χ3n) is 5.45. The highest BCUT2D eigenvalue weighted by atomic mass is 35.5. The molecule has 1 heterocycles. The van der Waals surface area contributed by atoms with Gasteiger partial charge in [-0.3, -0.25) is 4.79 Å². The van der Waals surface area contributed by atoms with Gasteiger partial charge in [-0.15, -0.1) is 11.3 Å². The summed E-state index contributed by atoms with van der Waals surface area (Å²) in [7, 11) is 0. The van der Waals surface area contributed by atoms with Crippen LogP contribution in [0.3, 0.4) is 0 Å². The highest BCUT2D eigenvalue weighted by Gasteiger charge is 2.23. The normalized spacial score (nSPS) is 10.8. The molecule has 2 aromatic carbocycles. The van der Waals surface area contributed by atoms with Crippen LogP contribution in [0.4, 0.5) is 0 Å². The van der Waals surface area contributed by atoms with Crippen molar-refractivity contribution in [3.05, 3.63) is 85.1 Å². The van der Waals surface area contributed by atoms with Gasteiger partial charge in [0.1, 0.15) is 23.6 Å². The van der Waals surface area contributed by atoms with Crippen LogP contribution in [0.1, 0.15) is 50.7 Å². The number of esters is 1. The summed E-state index contributed by atoms with van der Waals surface area (Å²) in [4.78, 5) is 25.9. The lowest BCUT2D eigenvalue weighted by Gasteiger charge is -2.13. The number of hydrogen-bond donors (Lipinski definition) is 0. The Balaban J connectivity index is 1.84. The number of nitrogens with zero attached hydrogens (tertiary/aromatic N) is 2. The first-order chi connectivity index (χ1) is 18.3. The second kappa shape index (κ2) is 13.4. The maximum absolute atomic E-state index is 13.0. The number of ether oxygens (including phenoxy) is 3. The summed E-state index contributed by atoms with van der Waals surface area (Å²) < 4.78 is 16.7. The molecule has 38 heavy (non-hydrogen) atoms. The van der Waals surface area contributed by atoms with Crippen molar-refractivity contribution in [1.82, 2.24) is 0 Å². The molecular formula is C29H25ClN2O5S. The second-order valence-corrected chi connectivity index (χ2v) is 9.49. The SMILES string of the molecule is CCOC(=O)c1sc(CC(=O)C(C#N)=Cc2ccc(OCc3ccccc3Cl)c(OCC)c2)c(C#N)c1C. The summed E-state index contributed by atoms with van der Waals surface area (Å²) in [6.07, 6.45) is 1.27. The molecule has 0 aliphatic heterocycles. The van der Waals surface area contributed by atoms with Gasteiger partial charge in [0.2, 0.25) is 0 Å². The quantitative estimate of drug-likeness (QED) is 0.154. The average molecular weight is 549 g/mol. The van der Waals surface area contributed by atoms with E-state index < -0.39 is 11.8 Å². The molecule has 0 fully saturated rings. The van der Waals surface area contributed by atoms with Crippen LogP contribution in [0.2, 0.25) is 5.02 Å². The van der Waals surface area contributed by atoms with Crippen LogP contribution in [-0.4, -0.2) is 25.0 Å². The molecule has 9 heteroatoms. The van der Waals surface area contributed by atoms with E-state index in [1.54, 1.807) is 38.1 Å². The van der Waals surface area contributed by atoms with Crippen LogP contribution in [0, 0.1) is 29.6 Å². The van der Waals surface area contributed by atoms with E-state index in [1.807, 2.05) is 31.2 Å². The first-order valence-electron chi connectivity index (χ1n) is 11.8. The fraction of sp³-hybridized carbons (Fsp3) is 0.241. The van der Waals surface area contributed by atoms with Crippen LogP contribution in [0.15, 0.2) is 48.0 Å². The minimum Gasteiger partial charge on any atom is -0.490 e. The Morgan fingerprint density at radius 3 is 2.47 bits per heavy atom. The van der Waals surface area contributed by atoms with E-state index in [2.05, 4.69) is 6.07 Å². The Bertz CT molecular complexity index is 1460. The average Bonchev–Trinajstić information content (AvgIpc) is 3.22. The number of allylic oxidation sites excluding steroid dienone is 1. The topological polar surface area (TPSA) is 109 Å². The summed E-state index contributed by atoms with van der Waals surface area (Å²) in [5.41, 5.74) is 2.02. The third-order valence-corrected chi connectivity index (χ3v) is 7.09. The van der Waals surface area contributed by atoms with Crippen molar-refractivity contribution in [1.29, 1.82) is 10.5 Å². The lowest BCUT2D eigenvalue weighted by Crippen LogP contribution is -2.05. The van der Waals surface area contributed by atoms with Crippen molar-refractivity contribution in [3.8, 4) is 23.6 Å². The summed E-state index contributed by atoms with van der Waals surface area (Å²) in [5.74, 6) is -0.0649. The minimum absolute atomic E-state index is 0.0928. The molecule has 0 saturated heterocycles. The molecule has 0 radical (unpaired) electrons. The van der Waals surface area contributed by atoms with Gasteiger partial charge in [0.25, 0.3) is 0 Å². The maximum atomic E-state index is 13.0. The maximum Gasteiger partial charge on any atom is 0.348 e. The molecule has 0 bridgehead atoms. The monoisotopic (exact) mass is 548 g/mol. The first-order valence-corrected chi connectivity index (χ1v) is 13.0. The molecule has 0 N–H and O–H groups in total. The van der Waals surface area contributed by atoms with Gasteiger partial charge in [0, 0.05) is 21.9 Å². The van der Waals surface area contributed by atoms with Crippen LogP contribution < -0.4 is 9.47 Å². The Labute approximate surface area is 230 Å². The Kier molecular flexibility index (Phi) is 10.1. The first kappa shape index (κ1) is 28.5. The van der Waals surface area contributed by atoms with Crippen molar-refractivity contribution < 1.29 is 23.8 Å². The van der Waals surface area contributed by atoms with Crippen LogP contribution in [0.5, 0.6) is 11.5 Å². The van der Waals surface area contributed by atoms with E-state index >= 15 is 0 Å². The Hall–Kier alpha value is -4.11. The highest BCUT2D eigenvalue weighted by Crippen LogP contribution is 2.32. The van der Waals surface area contributed by atoms with E-state index in [0.29, 0.717) is 39.1 Å². The van der Waals surface area contributed by atoms with Crippen LogP contribution in [-0.2, 0) is 22.6 Å². The number of thiophene rings is 1. The van der Waals surface area contributed by atoms with Gasteiger partial charge in [-0.2, -0.15) is 10.5 Å². The smallest absolute Gasteiger partial charge is 0.348 e. The van der Waals surface area contributed by atoms with E-state index in [0.717, 1.165) is 16.9 Å². The highest BCUT2D eigenvalue weighted by molar-refractivity contribution is 7.14. The van der Waals surface area contributed by atoms with E-state index in [-0.39, 0.29) is 35.6 Å². The molecular weight excluding hydrogens is 524 g/mol. The Morgan fingerprint density at radius 2 is 1.82 bits per heavy atom. The number of rotatable bonds is 11. The standard InChI is InChI=1S/C29H25ClN2O5S/c1-4-35-26-13-19(10-11-25(26)37-17-20-8-6-7-9-23(20)30)12-21(15-31)24(33)14-27-22(16-32)18(3)28(38-27)29(34)36-5-2/h6-13H,4-5,14,17H2,1-3H3. The van der Waals surface area contributed by atoms with Gasteiger partial charge >= 0.3 is 5.97 Å². The molecule has 0 unspecified atom stereocenters.